The number of rotatable bonds is 7. The molecule has 172 valence electrons. The molecular weight excluding hydrogens is 414 g/mol. The van der Waals surface area contributed by atoms with Crippen LogP contribution in [0.2, 0.25) is 0 Å². The number of amides is 2. The van der Waals surface area contributed by atoms with E-state index in [1.54, 1.807) is 0 Å². The van der Waals surface area contributed by atoms with E-state index in [2.05, 4.69) is 10.6 Å². The molecule has 0 unspecified atom stereocenters. The van der Waals surface area contributed by atoms with Gasteiger partial charge in [-0.15, -0.1) is 0 Å². The van der Waals surface area contributed by atoms with E-state index in [0.717, 1.165) is 29.5 Å². The summed E-state index contributed by atoms with van der Waals surface area (Å²) in [5.74, 6) is -0.324. The van der Waals surface area contributed by atoms with Crippen molar-refractivity contribution in [3.8, 4) is 0 Å². The number of nitrogens with zero attached hydrogens (tertiary/aromatic N) is 1. The molecule has 1 saturated carbocycles. The van der Waals surface area contributed by atoms with Crippen LogP contribution in [-0.4, -0.2) is 50.2 Å². The molecule has 3 rings (SSSR count). The first-order chi connectivity index (χ1) is 14.7. The molecule has 1 aliphatic heterocycles. The molecule has 0 radical (unpaired) electrons. The number of carbonyl (C=O) groups excluding carboxylic acids is 2. The number of benzene rings is 1. The van der Waals surface area contributed by atoms with Crippen LogP contribution < -0.4 is 10.6 Å². The smallest absolute Gasteiger partial charge is 0.243 e. The van der Waals surface area contributed by atoms with Gasteiger partial charge in [0, 0.05) is 38.0 Å². The van der Waals surface area contributed by atoms with Crippen molar-refractivity contribution >= 4 is 21.8 Å². The van der Waals surface area contributed by atoms with E-state index in [1.165, 1.54) is 17.1 Å². The van der Waals surface area contributed by atoms with Crippen LogP contribution in [0.5, 0.6) is 0 Å². The van der Waals surface area contributed by atoms with E-state index >= 15 is 0 Å². The van der Waals surface area contributed by atoms with Crippen molar-refractivity contribution in [2.75, 3.05) is 19.6 Å². The SMILES string of the molecule is Cc1cc(C)c(S(=O)(=O)N2CCC(C(=O)NCCC(=O)NC3CCCC3)CC2)c(C)c1. The molecule has 2 aliphatic rings. The average Bonchev–Trinajstić information content (AvgIpc) is 3.20. The van der Waals surface area contributed by atoms with Crippen molar-refractivity contribution in [3.63, 3.8) is 0 Å². The summed E-state index contributed by atoms with van der Waals surface area (Å²) < 4.78 is 27.9. The molecule has 0 aromatic heterocycles. The third kappa shape index (κ3) is 5.86. The maximum absolute atomic E-state index is 13.2. The summed E-state index contributed by atoms with van der Waals surface area (Å²) in [5, 5.41) is 5.87. The van der Waals surface area contributed by atoms with Gasteiger partial charge in [0.05, 0.1) is 4.90 Å². The molecule has 1 aliphatic carbocycles. The molecule has 1 aromatic carbocycles. The fourth-order valence-electron chi connectivity index (χ4n) is 4.87. The Hall–Kier alpha value is -1.93. The topological polar surface area (TPSA) is 95.6 Å². The van der Waals surface area contributed by atoms with Crippen LogP contribution in [0.4, 0.5) is 0 Å². The summed E-state index contributed by atoms with van der Waals surface area (Å²) in [4.78, 5) is 24.9. The minimum absolute atomic E-state index is 0.0167. The molecule has 1 aromatic rings. The lowest BCUT2D eigenvalue weighted by molar-refractivity contribution is -0.126. The lowest BCUT2D eigenvalue weighted by Crippen LogP contribution is -2.44. The van der Waals surface area contributed by atoms with Crippen LogP contribution in [0.3, 0.4) is 0 Å². The second-order valence-corrected chi connectivity index (χ2v) is 10.9. The largest absolute Gasteiger partial charge is 0.355 e. The zero-order chi connectivity index (χ0) is 22.6. The first-order valence-corrected chi connectivity index (χ1v) is 12.8. The van der Waals surface area contributed by atoms with E-state index < -0.39 is 10.0 Å². The molecule has 0 atom stereocenters. The zero-order valence-corrected chi connectivity index (χ0v) is 19.7. The van der Waals surface area contributed by atoms with Gasteiger partial charge in [-0.1, -0.05) is 30.5 Å². The molecule has 8 heteroatoms. The lowest BCUT2D eigenvalue weighted by atomic mass is 9.97. The number of nitrogens with one attached hydrogen (secondary N) is 2. The van der Waals surface area contributed by atoms with Gasteiger partial charge in [0.25, 0.3) is 0 Å². The van der Waals surface area contributed by atoms with Gasteiger partial charge in [0.15, 0.2) is 0 Å². The van der Waals surface area contributed by atoms with Gasteiger partial charge >= 0.3 is 0 Å². The fourth-order valence-corrected chi connectivity index (χ4v) is 6.76. The molecule has 2 fully saturated rings. The highest BCUT2D eigenvalue weighted by Crippen LogP contribution is 2.28. The summed E-state index contributed by atoms with van der Waals surface area (Å²) in [7, 11) is -3.58. The number of sulfonamides is 1. The summed E-state index contributed by atoms with van der Waals surface area (Å²) in [6, 6.07) is 4.07. The molecule has 2 N–H and O–H groups in total. The number of aryl methyl sites for hydroxylation is 3. The molecule has 7 nitrogen and oxygen atoms in total. The Morgan fingerprint density at radius 1 is 1.00 bits per heavy atom. The monoisotopic (exact) mass is 449 g/mol. The predicted molar refractivity (Wildman–Crippen MR) is 120 cm³/mol. The van der Waals surface area contributed by atoms with E-state index in [9.17, 15) is 18.0 Å². The second-order valence-electron chi connectivity index (χ2n) is 9.00. The van der Waals surface area contributed by atoms with Gasteiger partial charge in [-0.05, 0) is 57.6 Å². The van der Waals surface area contributed by atoms with Crippen LogP contribution in [0.15, 0.2) is 17.0 Å². The highest BCUT2D eigenvalue weighted by atomic mass is 32.2. The molecule has 0 bridgehead atoms. The van der Waals surface area contributed by atoms with E-state index in [4.69, 9.17) is 0 Å². The van der Waals surface area contributed by atoms with Crippen molar-refractivity contribution in [3.05, 3.63) is 28.8 Å². The third-order valence-electron chi connectivity index (χ3n) is 6.40. The third-order valence-corrected chi connectivity index (χ3v) is 8.60. The highest BCUT2D eigenvalue weighted by Gasteiger charge is 2.33. The van der Waals surface area contributed by atoms with Crippen molar-refractivity contribution in [1.29, 1.82) is 0 Å². The highest BCUT2D eigenvalue weighted by molar-refractivity contribution is 7.89. The van der Waals surface area contributed by atoms with Crippen molar-refractivity contribution in [2.45, 2.75) is 76.7 Å². The predicted octanol–water partition coefficient (Wildman–Crippen LogP) is 2.58. The van der Waals surface area contributed by atoms with Crippen LogP contribution in [0.25, 0.3) is 0 Å². The zero-order valence-electron chi connectivity index (χ0n) is 18.9. The summed E-state index contributed by atoms with van der Waals surface area (Å²) >= 11 is 0. The number of carbonyl (C=O) groups is 2. The molecule has 31 heavy (non-hydrogen) atoms. The Labute approximate surface area is 186 Å². The number of hydrogen-bond donors (Lipinski definition) is 2. The van der Waals surface area contributed by atoms with Crippen LogP contribution >= 0.6 is 0 Å². The number of hydrogen-bond acceptors (Lipinski definition) is 4. The second kappa shape index (κ2) is 10.1. The van der Waals surface area contributed by atoms with Crippen molar-refractivity contribution < 1.29 is 18.0 Å². The molecule has 0 spiro atoms. The molecule has 1 heterocycles. The maximum Gasteiger partial charge on any atom is 0.243 e. The van der Waals surface area contributed by atoms with Crippen molar-refractivity contribution in [2.24, 2.45) is 5.92 Å². The summed E-state index contributed by atoms with van der Waals surface area (Å²) in [6.07, 6.45) is 5.68. The Bertz CT molecular complexity index is 892. The van der Waals surface area contributed by atoms with Gasteiger partial charge in [0.2, 0.25) is 21.8 Å². The van der Waals surface area contributed by atoms with Crippen molar-refractivity contribution in [1.82, 2.24) is 14.9 Å². The standard InChI is InChI=1S/C23H35N3O4S/c1-16-14-17(2)22(18(3)15-16)31(29,30)26-12-9-19(10-13-26)23(28)24-11-8-21(27)25-20-6-4-5-7-20/h14-15,19-20H,4-13H2,1-3H3,(H,24,28)(H,25,27). The Morgan fingerprint density at radius 3 is 2.16 bits per heavy atom. The Morgan fingerprint density at radius 2 is 1.58 bits per heavy atom. The van der Waals surface area contributed by atoms with Gasteiger partial charge in [-0.2, -0.15) is 4.31 Å². The van der Waals surface area contributed by atoms with Crippen LogP contribution in [0, 0.1) is 26.7 Å². The Balaban J connectivity index is 1.47. The summed E-state index contributed by atoms with van der Waals surface area (Å²) in [5.41, 5.74) is 2.56. The first-order valence-electron chi connectivity index (χ1n) is 11.3. The van der Waals surface area contributed by atoms with Gasteiger partial charge < -0.3 is 10.6 Å². The quantitative estimate of drug-likeness (QED) is 0.669. The lowest BCUT2D eigenvalue weighted by Gasteiger charge is -2.31. The normalized spacial score (nSPS) is 18.8. The minimum atomic E-state index is -3.58. The van der Waals surface area contributed by atoms with E-state index in [0.29, 0.717) is 37.4 Å². The van der Waals surface area contributed by atoms with E-state index in [-0.39, 0.29) is 30.2 Å². The van der Waals surface area contributed by atoms with E-state index in [1.807, 2.05) is 32.9 Å². The van der Waals surface area contributed by atoms with Crippen LogP contribution in [0.1, 0.15) is 61.6 Å². The fraction of sp³-hybridized carbons (Fsp3) is 0.652. The molecular formula is C23H35N3O4S. The first kappa shape index (κ1) is 23.7. The van der Waals surface area contributed by atoms with Crippen LogP contribution in [-0.2, 0) is 19.6 Å². The maximum atomic E-state index is 13.2. The molecule has 1 saturated heterocycles. The molecule has 2 amide bonds. The Kier molecular flexibility index (Phi) is 7.75. The summed E-state index contributed by atoms with van der Waals surface area (Å²) in [6.45, 7) is 6.59. The van der Waals surface area contributed by atoms with Gasteiger partial charge in [-0.25, -0.2) is 8.42 Å². The van der Waals surface area contributed by atoms with Gasteiger partial charge in [-0.3, -0.25) is 9.59 Å². The average molecular weight is 450 g/mol. The van der Waals surface area contributed by atoms with Gasteiger partial charge in [0.1, 0.15) is 0 Å². The number of piperidine rings is 1. The minimum Gasteiger partial charge on any atom is -0.355 e.